The molecular formula is C18H26N2O2. The van der Waals surface area contributed by atoms with Gasteiger partial charge in [0, 0.05) is 30.7 Å². The zero-order valence-corrected chi connectivity index (χ0v) is 13.6. The van der Waals surface area contributed by atoms with Gasteiger partial charge in [0.1, 0.15) is 0 Å². The molecule has 2 aliphatic rings. The van der Waals surface area contributed by atoms with E-state index in [1.54, 1.807) is 0 Å². The van der Waals surface area contributed by atoms with Gasteiger partial charge in [-0.1, -0.05) is 17.7 Å². The predicted octanol–water partition coefficient (Wildman–Crippen LogP) is 2.60. The lowest BCUT2D eigenvalue weighted by Gasteiger charge is -2.29. The molecule has 2 heterocycles. The van der Waals surface area contributed by atoms with Crippen LogP contribution in [-0.4, -0.2) is 38.3 Å². The van der Waals surface area contributed by atoms with E-state index in [0.29, 0.717) is 25.0 Å². The second-order valence-corrected chi connectivity index (χ2v) is 6.33. The lowest BCUT2D eigenvalue weighted by atomic mass is 9.92. The number of carbonyl (C=O) groups excluding carboxylic acids is 1. The molecule has 0 aromatic heterocycles. The zero-order valence-electron chi connectivity index (χ0n) is 13.6. The van der Waals surface area contributed by atoms with E-state index < -0.39 is 0 Å². The van der Waals surface area contributed by atoms with Crippen molar-refractivity contribution in [3.8, 4) is 0 Å². The van der Waals surface area contributed by atoms with Gasteiger partial charge in [-0.25, -0.2) is 0 Å². The molecule has 2 aliphatic heterocycles. The lowest BCUT2D eigenvalue weighted by molar-refractivity contribution is -0.142. The fourth-order valence-corrected chi connectivity index (χ4v) is 3.86. The van der Waals surface area contributed by atoms with Crippen LogP contribution in [0.1, 0.15) is 43.2 Å². The van der Waals surface area contributed by atoms with Gasteiger partial charge in [-0.15, -0.1) is 0 Å². The average Bonchev–Trinajstić information content (AvgIpc) is 2.66. The summed E-state index contributed by atoms with van der Waals surface area (Å²) in [6.45, 7) is 7.37. The Hall–Kier alpha value is -1.55. The van der Waals surface area contributed by atoms with Crippen LogP contribution in [0.5, 0.6) is 0 Å². The van der Waals surface area contributed by atoms with Gasteiger partial charge in [-0.3, -0.25) is 4.79 Å². The van der Waals surface area contributed by atoms with Crippen LogP contribution >= 0.6 is 0 Å². The van der Waals surface area contributed by atoms with Crippen LogP contribution in [-0.2, 0) is 9.53 Å². The van der Waals surface area contributed by atoms with Crippen LogP contribution in [0.3, 0.4) is 0 Å². The highest BCUT2D eigenvalue weighted by atomic mass is 16.5. The number of esters is 1. The Morgan fingerprint density at radius 1 is 1.45 bits per heavy atom. The number of aryl methyl sites for hydroxylation is 1. The third kappa shape index (κ3) is 2.98. The summed E-state index contributed by atoms with van der Waals surface area (Å²) in [4.78, 5) is 14.2. The van der Waals surface area contributed by atoms with Crippen molar-refractivity contribution in [1.29, 1.82) is 0 Å². The largest absolute Gasteiger partial charge is 0.466 e. The first-order chi connectivity index (χ1) is 10.7. The standard InChI is InChI=1S/C18H26N2O2/c1-3-22-18(21)8-10-20-16-5-4-9-19-12-15(16)14-11-13(2)6-7-17(14)20/h6-7,11,15-16,19H,3-5,8-10,12H2,1-2H3/t15-,16-/m1/s1. The summed E-state index contributed by atoms with van der Waals surface area (Å²) >= 11 is 0. The van der Waals surface area contributed by atoms with Gasteiger partial charge in [-0.2, -0.15) is 0 Å². The van der Waals surface area contributed by atoms with Gasteiger partial charge in [-0.05, 0) is 44.9 Å². The molecule has 1 fully saturated rings. The van der Waals surface area contributed by atoms with Crippen LogP contribution in [0, 0.1) is 6.92 Å². The number of benzene rings is 1. The molecule has 4 nitrogen and oxygen atoms in total. The minimum atomic E-state index is -0.0913. The number of hydrogen-bond donors (Lipinski definition) is 1. The van der Waals surface area contributed by atoms with E-state index in [0.717, 1.165) is 19.6 Å². The van der Waals surface area contributed by atoms with Crippen molar-refractivity contribution in [2.24, 2.45) is 0 Å². The van der Waals surface area contributed by atoms with Gasteiger partial charge >= 0.3 is 5.97 Å². The number of carbonyl (C=O) groups is 1. The Morgan fingerprint density at radius 2 is 2.32 bits per heavy atom. The van der Waals surface area contributed by atoms with E-state index in [4.69, 9.17) is 4.74 Å². The number of hydrogen-bond acceptors (Lipinski definition) is 4. The molecule has 0 bridgehead atoms. The molecule has 0 radical (unpaired) electrons. The molecule has 1 aromatic carbocycles. The Labute approximate surface area is 132 Å². The fraction of sp³-hybridized carbons (Fsp3) is 0.611. The van der Waals surface area contributed by atoms with Crippen molar-refractivity contribution in [2.75, 3.05) is 31.1 Å². The van der Waals surface area contributed by atoms with E-state index in [2.05, 4.69) is 35.3 Å². The Bertz CT molecular complexity index is 544. The fourth-order valence-electron chi connectivity index (χ4n) is 3.86. The monoisotopic (exact) mass is 302 g/mol. The molecule has 1 N–H and O–H groups in total. The van der Waals surface area contributed by atoms with E-state index >= 15 is 0 Å². The van der Waals surface area contributed by atoms with E-state index in [1.165, 1.54) is 29.7 Å². The second-order valence-electron chi connectivity index (χ2n) is 6.33. The summed E-state index contributed by atoms with van der Waals surface area (Å²) in [6, 6.07) is 7.24. The SMILES string of the molecule is CCOC(=O)CCN1c2ccc(C)cc2[C@H]2CNCCC[C@H]21. The number of fused-ring (bicyclic) bond motifs is 3. The highest BCUT2D eigenvalue weighted by Gasteiger charge is 2.38. The molecule has 1 saturated heterocycles. The third-order valence-corrected chi connectivity index (χ3v) is 4.84. The number of rotatable bonds is 4. The molecule has 3 rings (SSSR count). The molecule has 1 aromatic rings. The van der Waals surface area contributed by atoms with Crippen LogP contribution in [0.25, 0.3) is 0 Å². The van der Waals surface area contributed by atoms with Gasteiger partial charge < -0.3 is 15.0 Å². The van der Waals surface area contributed by atoms with Crippen molar-refractivity contribution in [3.05, 3.63) is 29.3 Å². The minimum Gasteiger partial charge on any atom is -0.466 e. The van der Waals surface area contributed by atoms with Crippen molar-refractivity contribution >= 4 is 11.7 Å². The highest BCUT2D eigenvalue weighted by molar-refractivity contribution is 5.71. The van der Waals surface area contributed by atoms with Gasteiger partial charge in [0.2, 0.25) is 0 Å². The van der Waals surface area contributed by atoms with Crippen LogP contribution < -0.4 is 10.2 Å². The van der Waals surface area contributed by atoms with Crippen LogP contribution in [0.4, 0.5) is 5.69 Å². The first kappa shape index (κ1) is 15.3. The molecule has 0 unspecified atom stereocenters. The molecule has 0 spiro atoms. The van der Waals surface area contributed by atoms with Crippen LogP contribution in [0.2, 0.25) is 0 Å². The average molecular weight is 302 g/mol. The van der Waals surface area contributed by atoms with E-state index in [1.807, 2.05) is 6.92 Å². The van der Waals surface area contributed by atoms with E-state index in [9.17, 15) is 4.79 Å². The summed E-state index contributed by atoms with van der Waals surface area (Å²) in [5.74, 6) is 0.450. The second kappa shape index (κ2) is 6.69. The van der Waals surface area contributed by atoms with Crippen molar-refractivity contribution in [2.45, 2.75) is 45.1 Å². The third-order valence-electron chi connectivity index (χ3n) is 4.84. The van der Waals surface area contributed by atoms with Crippen LogP contribution in [0.15, 0.2) is 18.2 Å². The molecular weight excluding hydrogens is 276 g/mol. The van der Waals surface area contributed by atoms with Crippen molar-refractivity contribution in [3.63, 3.8) is 0 Å². The number of nitrogens with zero attached hydrogens (tertiary/aromatic N) is 1. The topological polar surface area (TPSA) is 41.6 Å². The van der Waals surface area contributed by atoms with Crippen molar-refractivity contribution < 1.29 is 9.53 Å². The smallest absolute Gasteiger partial charge is 0.307 e. The molecule has 0 amide bonds. The van der Waals surface area contributed by atoms with Gasteiger partial charge in [0.05, 0.1) is 13.0 Å². The van der Waals surface area contributed by atoms with E-state index in [-0.39, 0.29) is 5.97 Å². The highest BCUT2D eigenvalue weighted by Crippen LogP contribution is 2.43. The number of anilines is 1. The summed E-state index contributed by atoms with van der Waals surface area (Å²) in [6.07, 6.45) is 2.86. The molecule has 2 atom stereocenters. The molecule has 0 aliphatic carbocycles. The first-order valence-corrected chi connectivity index (χ1v) is 8.44. The summed E-state index contributed by atoms with van der Waals surface area (Å²) < 4.78 is 5.09. The normalized spacial score (nSPS) is 23.6. The van der Waals surface area contributed by atoms with Gasteiger partial charge in [0.25, 0.3) is 0 Å². The number of ether oxygens (including phenoxy) is 1. The quantitative estimate of drug-likeness (QED) is 0.868. The van der Waals surface area contributed by atoms with Gasteiger partial charge in [0.15, 0.2) is 0 Å². The summed E-state index contributed by atoms with van der Waals surface area (Å²) in [7, 11) is 0. The first-order valence-electron chi connectivity index (χ1n) is 8.44. The maximum atomic E-state index is 11.7. The Morgan fingerprint density at radius 3 is 3.14 bits per heavy atom. The number of nitrogens with one attached hydrogen (secondary N) is 1. The maximum Gasteiger partial charge on any atom is 0.307 e. The molecule has 4 heteroatoms. The predicted molar refractivity (Wildman–Crippen MR) is 88.4 cm³/mol. The Balaban J connectivity index is 1.83. The maximum absolute atomic E-state index is 11.7. The lowest BCUT2D eigenvalue weighted by Crippen LogP contribution is -2.37. The molecule has 0 saturated carbocycles. The Kier molecular flexibility index (Phi) is 4.67. The summed E-state index contributed by atoms with van der Waals surface area (Å²) in [5, 5.41) is 3.57. The molecule has 120 valence electrons. The van der Waals surface area contributed by atoms with Crippen molar-refractivity contribution in [1.82, 2.24) is 5.32 Å². The minimum absolute atomic E-state index is 0.0913. The summed E-state index contributed by atoms with van der Waals surface area (Å²) in [5.41, 5.74) is 4.07. The zero-order chi connectivity index (χ0) is 15.5. The molecule has 22 heavy (non-hydrogen) atoms.